The second-order valence-corrected chi connectivity index (χ2v) is 6.35. The third-order valence-corrected chi connectivity index (χ3v) is 4.70. The van der Waals surface area contributed by atoms with Crippen molar-refractivity contribution in [2.45, 2.75) is 0 Å². The summed E-state index contributed by atoms with van der Waals surface area (Å²) < 4.78 is 5.80. The summed E-state index contributed by atoms with van der Waals surface area (Å²) in [4.78, 5) is 9.64. The van der Waals surface area contributed by atoms with E-state index < -0.39 is 0 Å². The fourth-order valence-corrected chi connectivity index (χ4v) is 3.24. The molecular weight excluding hydrogens is 310 g/mol. The molecule has 4 nitrogen and oxygen atoms in total. The molecule has 0 unspecified atom stereocenters. The molecule has 1 saturated heterocycles. The molecule has 4 rings (SSSR count). The first-order valence-corrected chi connectivity index (χ1v) is 8.89. The predicted octanol–water partition coefficient (Wildman–Crippen LogP) is 3.44. The number of anilines is 1. The molecule has 2 heterocycles. The van der Waals surface area contributed by atoms with Crippen molar-refractivity contribution in [1.29, 1.82) is 0 Å². The molecule has 0 N–H and O–H groups in total. The van der Waals surface area contributed by atoms with Gasteiger partial charge in [-0.2, -0.15) is 0 Å². The van der Waals surface area contributed by atoms with Crippen molar-refractivity contribution in [3.63, 3.8) is 0 Å². The molecule has 3 aromatic rings. The Balaban J connectivity index is 1.28. The SMILES string of the molecule is c1ccc(OCCN2CCN(c3ccc4ccccc4n3)CC2)cc1. The summed E-state index contributed by atoms with van der Waals surface area (Å²) in [5, 5.41) is 1.20. The van der Waals surface area contributed by atoms with Crippen molar-refractivity contribution >= 4 is 16.7 Å². The van der Waals surface area contributed by atoms with Gasteiger partial charge in [0.1, 0.15) is 18.2 Å². The number of rotatable bonds is 5. The highest BCUT2D eigenvalue weighted by molar-refractivity contribution is 5.80. The van der Waals surface area contributed by atoms with Gasteiger partial charge in [-0.25, -0.2) is 4.98 Å². The Morgan fingerprint density at radius 3 is 2.40 bits per heavy atom. The molecular formula is C21H23N3O. The molecule has 2 aromatic carbocycles. The van der Waals surface area contributed by atoms with Crippen LogP contribution in [-0.4, -0.2) is 49.2 Å². The van der Waals surface area contributed by atoms with Gasteiger partial charge in [-0.1, -0.05) is 36.4 Å². The van der Waals surface area contributed by atoms with Crippen LogP contribution in [0.5, 0.6) is 5.75 Å². The number of fused-ring (bicyclic) bond motifs is 1. The van der Waals surface area contributed by atoms with Crippen LogP contribution in [-0.2, 0) is 0 Å². The van der Waals surface area contributed by atoms with Crippen LogP contribution >= 0.6 is 0 Å². The van der Waals surface area contributed by atoms with Crippen LogP contribution in [0.25, 0.3) is 10.9 Å². The minimum absolute atomic E-state index is 0.734. The first kappa shape index (κ1) is 15.9. The van der Waals surface area contributed by atoms with Crippen LogP contribution in [0, 0.1) is 0 Å². The number of pyridine rings is 1. The smallest absolute Gasteiger partial charge is 0.129 e. The second-order valence-electron chi connectivity index (χ2n) is 6.35. The molecule has 128 valence electrons. The highest BCUT2D eigenvalue weighted by atomic mass is 16.5. The molecule has 1 aromatic heterocycles. The van der Waals surface area contributed by atoms with Gasteiger partial charge in [-0.15, -0.1) is 0 Å². The van der Waals surface area contributed by atoms with Gasteiger partial charge in [-0.05, 0) is 30.3 Å². The molecule has 4 heteroatoms. The van der Waals surface area contributed by atoms with E-state index in [0.29, 0.717) is 0 Å². The molecule has 0 amide bonds. The standard InChI is InChI=1S/C21H23N3O/c1-2-7-19(8-3-1)25-17-16-23-12-14-24(15-13-23)21-11-10-18-6-4-5-9-20(18)22-21/h1-11H,12-17H2. The van der Waals surface area contributed by atoms with Crippen LogP contribution in [0.1, 0.15) is 0 Å². The fourth-order valence-electron chi connectivity index (χ4n) is 3.24. The van der Waals surface area contributed by atoms with Crippen LogP contribution in [0.2, 0.25) is 0 Å². The van der Waals surface area contributed by atoms with E-state index in [9.17, 15) is 0 Å². The molecule has 1 aliphatic heterocycles. The Kier molecular flexibility index (Phi) is 4.79. The normalized spacial score (nSPS) is 15.4. The zero-order valence-electron chi connectivity index (χ0n) is 14.3. The lowest BCUT2D eigenvalue weighted by atomic mass is 10.2. The molecule has 0 spiro atoms. The number of hydrogen-bond acceptors (Lipinski definition) is 4. The lowest BCUT2D eigenvalue weighted by Gasteiger charge is -2.35. The first-order chi connectivity index (χ1) is 12.4. The Labute approximate surface area is 148 Å². The van der Waals surface area contributed by atoms with Crippen molar-refractivity contribution in [2.24, 2.45) is 0 Å². The minimum Gasteiger partial charge on any atom is -0.492 e. The van der Waals surface area contributed by atoms with E-state index in [1.807, 2.05) is 36.4 Å². The lowest BCUT2D eigenvalue weighted by Crippen LogP contribution is -2.47. The summed E-state index contributed by atoms with van der Waals surface area (Å²) >= 11 is 0. The Morgan fingerprint density at radius 2 is 1.56 bits per heavy atom. The Bertz CT molecular complexity index is 813. The van der Waals surface area contributed by atoms with E-state index in [1.54, 1.807) is 0 Å². The van der Waals surface area contributed by atoms with Crippen molar-refractivity contribution in [2.75, 3.05) is 44.2 Å². The van der Waals surface area contributed by atoms with Crippen molar-refractivity contribution in [1.82, 2.24) is 9.88 Å². The van der Waals surface area contributed by atoms with E-state index in [4.69, 9.17) is 9.72 Å². The lowest BCUT2D eigenvalue weighted by molar-refractivity contribution is 0.200. The maximum absolute atomic E-state index is 5.80. The van der Waals surface area contributed by atoms with E-state index in [-0.39, 0.29) is 0 Å². The summed E-state index contributed by atoms with van der Waals surface area (Å²) in [6.07, 6.45) is 0. The summed E-state index contributed by atoms with van der Waals surface area (Å²) in [7, 11) is 0. The molecule has 0 aliphatic carbocycles. The van der Waals surface area contributed by atoms with Gasteiger partial charge in [0.05, 0.1) is 5.52 Å². The van der Waals surface area contributed by atoms with E-state index in [0.717, 1.165) is 56.4 Å². The van der Waals surface area contributed by atoms with Crippen molar-refractivity contribution < 1.29 is 4.74 Å². The summed E-state index contributed by atoms with van der Waals surface area (Å²) in [5.41, 5.74) is 1.07. The third kappa shape index (κ3) is 3.91. The number of benzene rings is 2. The van der Waals surface area contributed by atoms with Crippen molar-refractivity contribution in [3.05, 3.63) is 66.7 Å². The summed E-state index contributed by atoms with van der Waals surface area (Å²) in [5.74, 6) is 2.03. The maximum Gasteiger partial charge on any atom is 0.129 e. The summed E-state index contributed by atoms with van der Waals surface area (Å²) in [6.45, 7) is 5.82. The largest absolute Gasteiger partial charge is 0.492 e. The van der Waals surface area contributed by atoms with Crippen LogP contribution in [0.4, 0.5) is 5.82 Å². The highest BCUT2D eigenvalue weighted by Gasteiger charge is 2.18. The molecule has 0 bridgehead atoms. The minimum atomic E-state index is 0.734. The van der Waals surface area contributed by atoms with Gasteiger partial charge in [0.25, 0.3) is 0 Å². The van der Waals surface area contributed by atoms with Crippen molar-refractivity contribution in [3.8, 4) is 5.75 Å². The fraction of sp³-hybridized carbons (Fsp3) is 0.286. The monoisotopic (exact) mass is 333 g/mol. The van der Waals surface area contributed by atoms with E-state index >= 15 is 0 Å². The summed E-state index contributed by atoms with van der Waals surface area (Å²) in [6, 6.07) is 22.6. The van der Waals surface area contributed by atoms with Gasteiger partial charge in [0.15, 0.2) is 0 Å². The van der Waals surface area contributed by atoms with Crippen LogP contribution in [0.15, 0.2) is 66.7 Å². The number of ether oxygens (including phenoxy) is 1. The molecule has 1 aliphatic rings. The Hall–Kier alpha value is -2.59. The number of aromatic nitrogens is 1. The molecule has 1 fully saturated rings. The average molecular weight is 333 g/mol. The van der Waals surface area contributed by atoms with Gasteiger partial charge in [-0.3, -0.25) is 4.90 Å². The van der Waals surface area contributed by atoms with E-state index in [2.05, 4.69) is 40.1 Å². The predicted molar refractivity (Wildman–Crippen MR) is 102 cm³/mol. The van der Waals surface area contributed by atoms with Crippen LogP contribution < -0.4 is 9.64 Å². The first-order valence-electron chi connectivity index (χ1n) is 8.89. The molecule has 0 saturated carbocycles. The zero-order chi connectivity index (χ0) is 16.9. The van der Waals surface area contributed by atoms with Gasteiger partial charge in [0, 0.05) is 38.1 Å². The quantitative estimate of drug-likeness (QED) is 0.715. The topological polar surface area (TPSA) is 28.6 Å². The van der Waals surface area contributed by atoms with Gasteiger partial charge >= 0.3 is 0 Å². The van der Waals surface area contributed by atoms with Gasteiger partial charge in [0.2, 0.25) is 0 Å². The Morgan fingerprint density at radius 1 is 0.800 bits per heavy atom. The van der Waals surface area contributed by atoms with Gasteiger partial charge < -0.3 is 9.64 Å². The highest BCUT2D eigenvalue weighted by Crippen LogP contribution is 2.19. The average Bonchev–Trinajstić information content (AvgIpc) is 2.69. The molecule has 25 heavy (non-hydrogen) atoms. The third-order valence-electron chi connectivity index (χ3n) is 4.70. The molecule has 0 radical (unpaired) electrons. The maximum atomic E-state index is 5.80. The number of nitrogens with zero attached hydrogens (tertiary/aromatic N) is 3. The number of hydrogen-bond donors (Lipinski definition) is 0. The number of piperazine rings is 1. The second kappa shape index (κ2) is 7.53. The zero-order valence-corrected chi connectivity index (χ0v) is 14.3. The molecule has 0 atom stereocenters. The number of para-hydroxylation sites is 2. The van der Waals surface area contributed by atoms with Crippen LogP contribution in [0.3, 0.4) is 0 Å². The van der Waals surface area contributed by atoms with E-state index in [1.165, 1.54) is 5.39 Å².